The van der Waals surface area contributed by atoms with Crippen molar-refractivity contribution in [2.75, 3.05) is 31.1 Å². The molecule has 1 fully saturated rings. The van der Waals surface area contributed by atoms with E-state index in [2.05, 4.69) is 42.3 Å². The van der Waals surface area contributed by atoms with Crippen molar-refractivity contribution in [3.05, 3.63) is 65.2 Å². The summed E-state index contributed by atoms with van der Waals surface area (Å²) in [6, 6.07) is 16.6. The number of carbonyl (C=O) groups is 1. The van der Waals surface area contributed by atoms with Crippen molar-refractivity contribution in [1.82, 2.24) is 10.2 Å². The number of nitrogens with one attached hydrogen (secondary N) is 1. The second-order valence-corrected chi connectivity index (χ2v) is 6.41. The molecule has 4 heteroatoms. The van der Waals surface area contributed by atoms with Gasteiger partial charge in [0.1, 0.15) is 0 Å². The van der Waals surface area contributed by atoms with Gasteiger partial charge in [-0.15, -0.1) is 0 Å². The van der Waals surface area contributed by atoms with Gasteiger partial charge >= 0.3 is 6.03 Å². The molecule has 0 atom stereocenters. The van der Waals surface area contributed by atoms with E-state index in [-0.39, 0.29) is 6.03 Å². The van der Waals surface area contributed by atoms with E-state index in [1.807, 2.05) is 35.2 Å². The van der Waals surface area contributed by atoms with Crippen LogP contribution in [0.25, 0.3) is 0 Å². The summed E-state index contributed by atoms with van der Waals surface area (Å²) < 4.78 is 0. The first-order chi connectivity index (χ1) is 11.6. The zero-order chi connectivity index (χ0) is 16.9. The molecule has 24 heavy (non-hydrogen) atoms. The highest BCUT2D eigenvalue weighted by atomic mass is 16.2. The Bertz CT molecular complexity index is 691. The average molecular weight is 323 g/mol. The van der Waals surface area contributed by atoms with E-state index in [0.29, 0.717) is 6.54 Å². The number of amides is 2. The molecule has 1 saturated heterocycles. The third kappa shape index (κ3) is 3.88. The lowest BCUT2D eigenvalue weighted by Gasteiger charge is -2.37. The van der Waals surface area contributed by atoms with Crippen LogP contribution in [0.5, 0.6) is 0 Å². The molecule has 4 nitrogen and oxygen atoms in total. The van der Waals surface area contributed by atoms with Crippen LogP contribution >= 0.6 is 0 Å². The van der Waals surface area contributed by atoms with Gasteiger partial charge in [0.15, 0.2) is 0 Å². The van der Waals surface area contributed by atoms with Crippen molar-refractivity contribution in [3.63, 3.8) is 0 Å². The molecule has 0 aromatic heterocycles. The van der Waals surface area contributed by atoms with Crippen molar-refractivity contribution >= 4 is 11.7 Å². The van der Waals surface area contributed by atoms with E-state index in [9.17, 15) is 4.79 Å². The third-order valence-corrected chi connectivity index (χ3v) is 4.56. The van der Waals surface area contributed by atoms with E-state index in [0.717, 1.165) is 31.7 Å². The maximum Gasteiger partial charge on any atom is 0.317 e. The third-order valence-electron chi connectivity index (χ3n) is 4.56. The van der Waals surface area contributed by atoms with Gasteiger partial charge in [-0.05, 0) is 36.6 Å². The molecule has 0 aliphatic carbocycles. The molecule has 1 aliphatic heterocycles. The first-order valence-electron chi connectivity index (χ1n) is 8.52. The largest absolute Gasteiger partial charge is 0.368 e. The lowest BCUT2D eigenvalue weighted by Crippen LogP contribution is -2.51. The van der Waals surface area contributed by atoms with Gasteiger partial charge in [-0.1, -0.05) is 42.5 Å². The van der Waals surface area contributed by atoms with Gasteiger partial charge in [0.25, 0.3) is 0 Å². The van der Waals surface area contributed by atoms with Crippen LogP contribution in [0.1, 0.15) is 16.7 Å². The second kappa shape index (κ2) is 7.39. The molecule has 1 aliphatic rings. The second-order valence-electron chi connectivity index (χ2n) is 6.41. The molecule has 2 aromatic carbocycles. The highest BCUT2D eigenvalue weighted by Gasteiger charge is 2.21. The van der Waals surface area contributed by atoms with Crippen LogP contribution in [0.15, 0.2) is 48.5 Å². The summed E-state index contributed by atoms with van der Waals surface area (Å²) in [5.74, 6) is 0. The monoisotopic (exact) mass is 323 g/mol. The van der Waals surface area contributed by atoms with Crippen LogP contribution in [-0.2, 0) is 6.54 Å². The highest BCUT2D eigenvalue weighted by Crippen LogP contribution is 2.22. The Balaban J connectivity index is 1.53. The predicted octanol–water partition coefficient (Wildman–Crippen LogP) is 3.34. The van der Waals surface area contributed by atoms with Gasteiger partial charge in [0.05, 0.1) is 0 Å². The Morgan fingerprint density at radius 3 is 2.42 bits per heavy atom. The fourth-order valence-corrected chi connectivity index (χ4v) is 3.10. The number of carbonyl (C=O) groups excluding carboxylic acids is 1. The molecule has 0 spiro atoms. The standard InChI is InChI=1S/C20H25N3O/c1-16-8-9-17(2)19(14-16)22-10-12-23(13-11-22)20(24)21-15-18-6-4-3-5-7-18/h3-9,14H,10-13,15H2,1-2H3,(H,21,24). The lowest BCUT2D eigenvalue weighted by atomic mass is 10.1. The van der Waals surface area contributed by atoms with E-state index in [4.69, 9.17) is 0 Å². The fraction of sp³-hybridized carbons (Fsp3) is 0.350. The molecule has 3 rings (SSSR count). The molecule has 1 heterocycles. The summed E-state index contributed by atoms with van der Waals surface area (Å²) >= 11 is 0. The van der Waals surface area contributed by atoms with E-state index in [1.54, 1.807) is 0 Å². The summed E-state index contributed by atoms with van der Waals surface area (Å²) in [6.07, 6.45) is 0. The minimum Gasteiger partial charge on any atom is -0.368 e. The number of aryl methyl sites for hydroxylation is 2. The maximum atomic E-state index is 12.3. The zero-order valence-corrected chi connectivity index (χ0v) is 14.5. The first-order valence-corrected chi connectivity index (χ1v) is 8.52. The number of rotatable bonds is 3. The number of hydrogen-bond donors (Lipinski definition) is 1. The van der Waals surface area contributed by atoms with E-state index in [1.165, 1.54) is 16.8 Å². The Morgan fingerprint density at radius 1 is 1.00 bits per heavy atom. The van der Waals surface area contributed by atoms with Crippen molar-refractivity contribution in [3.8, 4) is 0 Å². The number of nitrogens with zero attached hydrogens (tertiary/aromatic N) is 2. The summed E-state index contributed by atoms with van der Waals surface area (Å²) in [6.45, 7) is 8.12. The van der Waals surface area contributed by atoms with Crippen molar-refractivity contribution in [1.29, 1.82) is 0 Å². The van der Waals surface area contributed by atoms with Gasteiger partial charge in [-0.25, -0.2) is 4.79 Å². The van der Waals surface area contributed by atoms with Crippen LogP contribution in [-0.4, -0.2) is 37.1 Å². The molecule has 0 bridgehead atoms. The Labute approximate surface area is 144 Å². The van der Waals surface area contributed by atoms with Gasteiger partial charge in [-0.3, -0.25) is 0 Å². The molecule has 126 valence electrons. The normalized spacial score (nSPS) is 14.6. The summed E-state index contributed by atoms with van der Waals surface area (Å²) in [7, 11) is 0. The van der Waals surface area contributed by atoms with Crippen LogP contribution in [0.4, 0.5) is 10.5 Å². The smallest absolute Gasteiger partial charge is 0.317 e. The van der Waals surface area contributed by atoms with Crippen molar-refractivity contribution < 1.29 is 4.79 Å². The molecular weight excluding hydrogens is 298 g/mol. The summed E-state index contributed by atoms with van der Waals surface area (Å²) in [4.78, 5) is 16.6. The molecule has 0 radical (unpaired) electrons. The first kappa shape index (κ1) is 16.4. The number of piperazine rings is 1. The minimum absolute atomic E-state index is 0.0273. The Kier molecular flexibility index (Phi) is 5.04. The molecular formula is C20H25N3O. The summed E-state index contributed by atoms with van der Waals surface area (Å²) in [5.41, 5.74) is 4.99. The maximum absolute atomic E-state index is 12.3. The topological polar surface area (TPSA) is 35.6 Å². The number of hydrogen-bond acceptors (Lipinski definition) is 2. The van der Waals surface area contributed by atoms with Gasteiger partial charge in [-0.2, -0.15) is 0 Å². The van der Waals surface area contributed by atoms with Crippen LogP contribution < -0.4 is 10.2 Å². The molecule has 2 amide bonds. The van der Waals surface area contributed by atoms with Crippen molar-refractivity contribution in [2.45, 2.75) is 20.4 Å². The molecule has 0 unspecified atom stereocenters. The molecule has 1 N–H and O–H groups in total. The Morgan fingerprint density at radius 2 is 1.71 bits per heavy atom. The van der Waals surface area contributed by atoms with Gasteiger partial charge in [0, 0.05) is 38.4 Å². The highest BCUT2D eigenvalue weighted by molar-refractivity contribution is 5.74. The van der Waals surface area contributed by atoms with Crippen molar-refractivity contribution in [2.24, 2.45) is 0 Å². The summed E-state index contributed by atoms with van der Waals surface area (Å²) in [5, 5.41) is 3.01. The predicted molar refractivity (Wildman–Crippen MR) is 98.4 cm³/mol. The van der Waals surface area contributed by atoms with Crippen LogP contribution in [0.3, 0.4) is 0 Å². The van der Waals surface area contributed by atoms with Crippen LogP contribution in [0.2, 0.25) is 0 Å². The molecule has 2 aromatic rings. The van der Waals surface area contributed by atoms with Crippen LogP contribution in [0, 0.1) is 13.8 Å². The number of anilines is 1. The fourth-order valence-electron chi connectivity index (χ4n) is 3.10. The number of urea groups is 1. The van der Waals surface area contributed by atoms with Gasteiger partial charge < -0.3 is 15.1 Å². The quantitative estimate of drug-likeness (QED) is 0.940. The number of benzene rings is 2. The molecule has 0 saturated carbocycles. The average Bonchev–Trinajstić information content (AvgIpc) is 2.63. The van der Waals surface area contributed by atoms with E-state index >= 15 is 0 Å². The van der Waals surface area contributed by atoms with E-state index < -0.39 is 0 Å². The SMILES string of the molecule is Cc1ccc(C)c(N2CCN(C(=O)NCc3ccccc3)CC2)c1. The van der Waals surface area contributed by atoms with Gasteiger partial charge in [0.2, 0.25) is 0 Å². The zero-order valence-electron chi connectivity index (χ0n) is 14.5. The lowest BCUT2D eigenvalue weighted by molar-refractivity contribution is 0.194. The Hall–Kier alpha value is -2.49. The minimum atomic E-state index is 0.0273.